The zero-order chi connectivity index (χ0) is 15.0. The zero-order valence-corrected chi connectivity index (χ0v) is 13.6. The lowest BCUT2D eigenvalue weighted by Gasteiger charge is -2.19. The lowest BCUT2D eigenvalue weighted by molar-refractivity contribution is -0.127. The Morgan fingerprint density at radius 2 is 1.95 bits per heavy atom. The average Bonchev–Trinajstić information content (AvgIpc) is 2.41. The number of para-hydroxylation sites is 1. The molecular formula is C16H25NO2S. The molecule has 1 aromatic rings. The van der Waals surface area contributed by atoms with Crippen LogP contribution in [-0.4, -0.2) is 29.1 Å². The minimum atomic E-state index is -0.419. The summed E-state index contributed by atoms with van der Waals surface area (Å²) in [5, 5.41) is 2.94. The standard InChI is InChI=1S/C16H25NO2S/c1-5-14(19-13-9-7-6-8-10-13)15(18)17-11-12-20-16(2,3)4/h6-10,14H,5,11-12H2,1-4H3,(H,17,18)/t14-/m1/s1. The van der Waals surface area contributed by atoms with Crippen molar-refractivity contribution in [3.63, 3.8) is 0 Å². The molecule has 0 aliphatic heterocycles. The lowest BCUT2D eigenvalue weighted by Crippen LogP contribution is -2.39. The molecule has 4 heteroatoms. The summed E-state index contributed by atoms with van der Waals surface area (Å²) in [4.78, 5) is 12.1. The van der Waals surface area contributed by atoms with Crippen molar-refractivity contribution in [2.75, 3.05) is 12.3 Å². The van der Waals surface area contributed by atoms with Gasteiger partial charge in [-0.1, -0.05) is 45.9 Å². The third-order valence-electron chi connectivity index (χ3n) is 2.62. The van der Waals surface area contributed by atoms with Gasteiger partial charge in [0.15, 0.2) is 6.10 Å². The summed E-state index contributed by atoms with van der Waals surface area (Å²) in [6.07, 6.45) is 0.240. The Bertz CT molecular complexity index is 401. The van der Waals surface area contributed by atoms with Crippen LogP contribution in [0, 0.1) is 0 Å². The Hall–Kier alpha value is -1.16. The Morgan fingerprint density at radius 3 is 2.50 bits per heavy atom. The van der Waals surface area contributed by atoms with E-state index in [0.29, 0.717) is 13.0 Å². The van der Waals surface area contributed by atoms with Crippen molar-refractivity contribution in [2.24, 2.45) is 0 Å². The molecule has 0 unspecified atom stereocenters. The van der Waals surface area contributed by atoms with Crippen LogP contribution in [0.15, 0.2) is 30.3 Å². The van der Waals surface area contributed by atoms with Gasteiger partial charge in [0.1, 0.15) is 5.75 Å². The Morgan fingerprint density at radius 1 is 1.30 bits per heavy atom. The molecule has 0 fully saturated rings. The van der Waals surface area contributed by atoms with E-state index in [2.05, 4.69) is 26.1 Å². The van der Waals surface area contributed by atoms with E-state index in [0.717, 1.165) is 11.5 Å². The van der Waals surface area contributed by atoms with E-state index in [1.54, 1.807) is 0 Å². The molecule has 1 aromatic carbocycles. The lowest BCUT2D eigenvalue weighted by atomic mass is 10.2. The number of rotatable bonds is 7. The quantitative estimate of drug-likeness (QED) is 0.783. The van der Waals surface area contributed by atoms with Crippen LogP contribution in [-0.2, 0) is 4.79 Å². The first-order valence-corrected chi connectivity index (χ1v) is 8.04. The molecule has 0 spiro atoms. The number of carbonyl (C=O) groups is 1. The van der Waals surface area contributed by atoms with E-state index in [1.165, 1.54) is 0 Å². The minimum absolute atomic E-state index is 0.0362. The summed E-state index contributed by atoms with van der Waals surface area (Å²) in [5.74, 6) is 1.61. The van der Waals surface area contributed by atoms with Gasteiger partial charge in [0.2, 0.25) is 0 Å². The van der Waals surface area contributed by atoms with E-state index in [4.69, 9.17) is 4.74 Å². The summed E-state index contributed by atoms with van der Waals surface area (Å²) >= 11 is 1.84. The predicted molar refractivity (Wildman–Crippen MR) is 86.4 cm³/mol. The molecule has 3 nitrogen and oxygen atoms in total. The fourth-order valence-electron chi connectivity index (χ4n) is 1.63. The highest BCUT2D eigenvalue weighted by atomic mass is 32.2. The number of benzene rings is 1. The van der Waals surface area contributed by atoms with E-state index in [-0.39, 0.29) is 10.7 Å². The molecule has 0 bridgehead atoms. The topological polar surface area (TPSA) is 38.3 Å². The predicted octanol–water partition coefficient (Wildman–Crippen LogP) is 3.49. The van der Waals surface area contributed by atoms with Crippen LogP contribution in [0.5, 0.6) is 5.75 Å². The highest BCUT2D eigenvalue weighted by Crippen LogP contribution is 2.22. The third-order valence-corrected chi connectivity index (χ3v) is 3.90. The van der Waals surface area contributed by atoms with Gasteiger partial charge in [-0.05, 0) is 18.6 Å². The molecule has 1 rings (SSSR count). The summed E-state index contributed by atoms with van der Waals surface area (Å²) < 4.78 is 5.94. The molecule has 0 saturated carbocycles. The number of thioether (sulfide) groups is 1. The third kappa shape index (κ3) is 6.85. The Balaban J connectivity index is 2.36. The fourth-order valence-corrected chi connectivity index (χ4v) is 2.45. The maximum absolute atomic E-state index is 12.1. The molecule has 0 heterocycles. The van der Waals surface area contributed by atoms with Crippen LogP contribution in [0.2, 0.25) is 0 Å². The van der Waals surface area contributed by atoms with Gasteiger partial charge in [-0.25, -0.2) is 0 Å². The average molecular weight is 295 g/mol. The summed E-state index contributed by atoms with van der Waals surface area (Å²) in [5.41, 5.74) is 0. The number of hydrogen-bond donors (Lipinski definition) is 1. The highest BCUT2D eigenvalue weighted by molar-refractivity contribution is 8.00. The molecule has 112 valence electrons. The zero-order valence-electron chi connectivity index (χ0n) is 12.8. The molecule has 1 atom stereocenters. The summed E-state index contributed by atoms with van der Waals surface area (Å²) in [7, 11) is 0. The number of ether oxygens (including phenoxy) is 1. The molecule has 1 N–H and O–H groups in total. The van der Waals surface area contributed by atoms with Crippen LogP contribution in [0.1, 0.15) is 34.1 Å². The van der Waals surface area contributed by atoms with Crippen LogP contribution in [0.3, 0.4) is 0 Å². The molecule has 0 aromatic heterocycles. The Labute approximate surface area is 126 Å². The van der Waals surface area contributed by atoms with Crippen LogP contribution in [0.4, 0.5) is 0 Å². The van der Waals surface area contributed by atoms with Crippen molar-refractivity contribution in [1.29, 1.82) is 0 Å². The second kappa shape index (κ2) is 8.20. The monoisotopic (exact) mass is 295 g/mol. The second-order valence-corrected chi connectivity index (χ2v) is 7.50. The van der Waals surface area contributed by atoms with Gasteiger partial charge >= 0.3 is 0 Å². The number of carbonyl (C=O) groups excluding carboxylic acids is 1. The van der Waals surface area contributed by atoms with Gasteiger partial charge < -0.3 is 10.1 Å². The van der Waals surface area contributed by atoms with Gasteiger partial charge in [0.25, 0.3) is 5.91 Å². The van der Waals surface area contributed by atoms with Gasteiger partial charge in [0.05, 0.1) is 0 Å². The number of nitrogens with one attached hydrogen (secondary N) is 1. The van der Waals surface area contributed by atoms with Gasteiger partial charge in [-0.2, -0.15) is 11.8 Å². The van der Waals surface area contributed by atoms with E-state index >= 15 is 0 Å². The highest BCUT2D eigenvalue weighted by Gasteiger charge is 2.18. The van der Waals surface area contributed by atoms with Crippen molar-refractivity contribution in [3.05, 3.63) is 30.3 Å². The van der Waals surface area contributed by atoms with Gasteiger partial charge in [-0.3, -0.25) is 4.79 Å². The van der Waals surface area contributed by atoms with Gasteiger partial charge in [-0.15, -0.1) is 0 Å². The second-order valence-electron chi connectivity index (χ2n) is 5.58. The van der Waals surface area contributed by atoms with Crippen molar-refractivity contribution in [3.8, 4) is 5.75 Å². The first-order valence-electron chi connectivity index (χ1n) is 7.06. The van der Waals surface area contributed by atoms with Crippen molar-refractivity contribution >= 4 is 17.7 Å². The summed E-state index contributed by atoms with van der Waals surface area (Å²) in [6, 6.07) is 9.47. The van der Waals surface area contributed by atoms with Crippen LogP contribution in [0.25, 0.3) is 0 Å². The minimum Gasteiger partial charge on any atom is -0.481 e. The molecule has 0 aliphatic carbocycles. The van der Waals surface area contributed by atoms with Crippen LogP contribution >= 0.6 is 11.8 Å². The molecule has 20 heavy (non-hydrogen) atoms. The number of hydrogen-bond acceptors (Lipinski definition) is 3. The largest absolute Gasteiger partial charge is 0.481 e. The maximum Gasteiger partial charge on any atom is 0.261 e. The fraction of sp³-hybridized carbons (Fsp3) is 0.562. The SMILES string of the molecule is CC[C@@H](Oc1ccccc1)C(=O)NCCSC(C)(C)C. The van der Waals surface area contributed by atoms with Crippen molar-refractivity contribution < 1.29 is 9.53 Å². The first kappa shape index (κ1) is 16.9. The molecule has 0 aliphatic rings. The normalized spacial score (nSPS) is 12.8. The molecule has 1 amide bonds. The van der Waals surface area contributed by atoms with E-state index < -0.39 is 6.10 Å². The van der Waals surface area contributed by atoms with Crippen molar-refractivity contribution in [2.45, 2.75) is 45.0 Å². The van der Waals surface area contributed by atoms with E-state index in [9.17, 15) is 4.79 Å². The maximum atomic E-state index is 12.1. The van der Waals surface area contributed by atoms with E-state index in [1.807, 2.05) is 49.0 Å². The first-order chi connectivity index (χ1) is 9.42. The van der Waals surface area contributed by atoms with Crippen molar-refractivity contribution in [1.82, 2.24) is 5.32 Å². The number of amides is 1. The molecule has 0 saturated heterocycles. The molecular weight excluding hydrogens is 270 g/mol. The van der Waals surface area contributed by atoms with Gasteiger partial charge in [0, 0.05) is 17.0 Å². The summed E-state index contributed by atoms with van der Waals surface area (Å²) in [6.45, 7) is 9.15. The Kier molecular flexibility index (Phi) is 6.93. The molecule has 0 radical (unpaired) electrons. The van der Waals surface area contributed by atoms with Crippen LogP contribution < -0.4 is 10.1 Å². The smallest absolute Gasteiger partial charge is 0.261 e.